The van der Waals surface area contributed by atoms with Crippen LogP contribution in [-0.2, 0) is 11.2 Å². The number of carboxylic acid groups (broad SMARTS) is 1. The van der Waals surface area contributed by atoms with E-state index in [1.54, 1.807) is 47.7 Å². The van der Waals surface area contributed by atoms with Crippen LogP contribution in [-0.4, -0.2) is 40.5 Å². The fourth-order valence-corrected chi connectivity index (χ4v) is 2.94. The predicted molar refractivity (Wildman–Crippen MR) is 85.3 cm³/mol. The minimum absolute atomic E-state index is 0.0869. The number of likely N-dealkylation sites (N-methyl/N-ethyl adjacent to an activating group) is 1. The first-order chi connectivity index (χ1) is 10.5. The van der Waals surface area contributed by atoms with Gasteiger partial charge in [0.05, 0.1) is 17.0 Å². The molecule has 1 heterocycles. The molecule has 0 aliphatic carbocycles. The summed E-state index contributed by atoms with van der Waals surface area (Å²) in [7, 11) is 1.73. The molecule has 0 spiro atoms. The fraction of sp³-hybridized carbons (Fsp3) is 0.312. The van der Waals surface area contributed by atoms with E-state index in [0.29, 0.717) is 12.1 Å². The Labute approximate surface area is 133 Å². The highest BCUT2D eigenvalue weighted by Gasteiger charge is 2.18. The topological polar surface area (TPSA) is 70.5 Å². The summed E-state index contributed by atoms with van der Waals surface area (Å²) in [5.41, 5.74) is 0.714. The van der Waals surface area contributed by atoms with Gasteiger partial charge in [0, 0.05) is 31.1 Å². The normalized spacial score (nSPS) is 11.9. The minimum Gasteiger partial charge on any atom is -0.478 e. The quantitative estimate of drug-likeness (QED) is 0.889. The van der Waals surface area contributed by atoms with E-state index < -0.39 is 5.97 Å². The molecule has 0 bridgehead atoms. The molecule has 1 amide bonds. The molecule has 1 unspecified atom stereocenters. The van der Waals surface area contributed by atoms with Crippen LogP contribution in [0.25, 0.3) is 0 Å². The lowest BCUT2D eigenvalue weighted by molar-refractivity contribution is -0.129. The van der Waals surface area contributed by atoms with Gasteiger partial charge in [-0.25, -0.2) is 9.78 Å². The SMILES string of the molecule is CC(CN(C)C(=O)Cc1ccccc1C(=O)O)c1nccs1. The van der Waals surface area contributed by atoms with Crippen LogP contribution in [0, 0.1) is 0 Å². The van der Waals surface area contributed by atoms with Crippen molar-refractivity contribution < 1.29 is 14.7 Å². The third kappa shape index (κ3) is 3.92. The van der Waals surface area contributed by atoms with Crippen molar-refractivity contribution in [1.29, 1.82) is 0 Å². The molecule has 1 aromatic carbocycles. The summed E-state index contributed by atoms with van der Waals surface area (Å²) < 4.78 is 0. The lowest BCUT2D eigenvalue weighted by atomic mass is 10.0. The minimum atomic E-state index is -1.01. The van der Waals surface area contributed by atoms with Gasteiger partial charge >= 0.3 is 5.97 Å². The van der Waals surface area contributed by atoms with Crippen molar-refractivity contribution in [2.24, 2.45) is 0 Å². The first-order valence-electron chi connectivity index (χ1n) is 6.93. The molecule has 116 valence electrons. The summed E-state index contributed by atoms with van der Waals surface area (Å²) >= 11 is 1.57. The van der Waals surface area contributed by atoms with E-state index in [9.17, 15) is 9.59 Å². The fourth-order valence-electron chi connectivity index (χ4n) is 2.25. The van der Waals surface area contributed by atoms with Crippen molar-refractivity contribution in [3.8, 4) is 0 Å². The highest BCUT2D eigenvalue weighted by atomic mass is 32.1. The van der Waals surface area contributed by atoms with Crippen molar-refractivity contribution in [3.63, 3.8) is 0 Å². The van der Waals surface area contributed by atoms with E-state index in [4.69, 9.17) is 5.11 Å². The first kappa shape index (κ1) is 16.2. The van der Waals surface area contributed by atoms with Crippen molar-refractivity contribution in [2.75, 3.05) is 13.6 Å². The molecular formula is C16H18N2O3S. The van der Waals surface area contributed by atoms with E-state index in [-0.39, 0.29) is 23.8 Å². The Balaban J connectivity index is 2.01. The first-order valence-corrected chi connectivity index (χ1v) is 7.81. The Morgan fingerprint density at radius 1 is 1.36 bits per heavy atom. The van der Waals surface area contributed by atoms with Crippen molar-refractivity contribution in [2.45, 2.75) is 19.3 Å². The molecule has 1 N–H and O–H groups in total. The number of carbonyl (C=O) groups excluding carboxylic acids is 1. The number of thiazole rings is 1. The number of rotatable bonds is 6. The Kier molecular flexibility index (Phi) is 5.27. The Bertz CT molecular complexity index is 655. The van der Waals surface area contributed by atoms with Crippen LogP contribution in [0.2, 0.25) is 0 Å². The largest absolute Gasteiger partial charge is 0.478 e. The molecule has 0 saturated carbocycles. The molecule has 0 fully saturated rings. The van der Waals surface area contributed by atoms with Gasteiger partial charge < -0.3 is 10.0 Å². The number of nitrogens with zero attached hydrogens (tertiary/aromatic N) is 2. The Hall–Kier alpha value is -2.21. The van der Waals surface area contributed by atoms with Crippen LogP contribution in [0.3, 0.4) is 0 Å². The number of amides is 1. The van der Waals surface area contributed by atoms with Crippen LogP contribution in [0.15, 0.2) is 35.8 Å². The van der Waals surface area contributed by atoms with Crippen LogP contribution in [0.4, 0.5) is 0 Å². The zero-order chi connectivity index (χ0) is 16.1. The predicted octanol–water partition coefficient (Wildman–Crippen LogP) is 2.65. The maximum Gasteiger partial charge on any atom is 0.335 e. The van der Waals surface area contributed by atoms with Gasteiger partial charge in [0.15, 0.2) is 0 Å². The van der Waals surface area contributed by atoms with Crippen LogP contribution < -0.4 is 0 Å². The van der Waals surface area contributed by atoms with E-state index >= 15 is 0 Å². The number of aromatic nitrogens is 1. The van der Waals surface area contributed by atoms with E-state index in [0.717, 1.165) is 5.01 Å². The molecule has 2 aromatic rings. The summed E-state index contributed by atoms with van der Waals surface area (Å²) in [6.45, 7) is 2.58. The zero-order valence-electron chi connectivity index (χ0n) is 12.5. The second kappa shape index (κ2) is 7.17. The standard InChI is InChI=1S/C16H18N2O3S/c1-11(15-17-7-8-22-15)10-18(2)14(19)9-12-5-3-4-6-13(12)16(20)21/h3-8,11H,9-10H2,1-2H3,(H,20,21). The van der Waals surface area contributed by atoms with Gasteiger partial charge in [-0.3, -0.25) is 4.79 Å². The summed E-state index contributed by atoms with van der Waals surface area (Å²) in [4.78, 5) is 29.4. The summed E-state index contributed by atoms with van der Waals surface area (Å²) in [6, 6.07) is 6.60. The number of carboxylic acids is 1. The van der Waals surface area contributed by atoms with Crippen molar-refractivity contribution >= 4 is 23.2 Å². The third-order valence-corrected chi connectivity index (χ3v) is 4.44. The van der Waals surface area contributed by atoms with Gasteiger partial charge in [0.25, 0.3) is 0 Å². The van der Waals surface area contributed by atoms with Gasteiger partial charge in [-0.05, 0) is 11.6 Å². The maximum absolute atomic E-state index is 12.3. The number of aromatic carboxylic acids is 1. The number of hydrogen-bond donors (Lipinski definition) is 1. The van der Waals surface area contributed by atoms with E-state index in [1.807, 2.05) is 12.3 Å². The summed E-state index contributed by atoms with van der Waals surface area (Å²) in [6.07, 6.45) is 1.84. The molecule has 0 radical (unpaired) electrons. The molecule has 5 nitrogen and oxygen atoms in total. The van der Waals surface area contributed by atoms with Crippen LogP contribution in [0.1, 0.15) is 33.8 Å². The molecule has 0 aliphatic heterocycles. The molecule has 0 aliphatic rings. The number of carbonyl (C=O) groups is 2. The smallest absolute Gasteiger partial charge is 0.335 e. The lowest BCUT2D eigenvalue weighted by Crippen LogP contribution is -2.32. The van der Waals surface area contributed by atoms with Gasteiger partial charge in [0.1, 0.15) is 0 Å². The maximum atomic E-state index is 12.3. The molecule has 6 heteroatoms. The highest BCUT2D eigenvalue weighted by Crippen LogP contribution is 2.19. The van der Waals surface area contributed by atoms with Crippen molar-refractivity contribution in [3.05, 3.63) is 52.0 Å². The second-order valence-electron chi connectivity index (χ2n) is 5.18. The van der Waals surface area contributed by atoms with E-state index in [1.165, 1.54) is 6.07 Å². The molecule has 2 rings (SSSR count). The average Bonchev–Trinajstić information content (AvgIpc) is 3.01. The van der Waals surface area contributed by atoms with E-state index in [2.05, 4.69) is 4.98 Å². The zero-order valence-corrected chi connectivity index (χ0v) is 13.3. The van der Waals surface area contributed by atoms with Gasteiger partial charge in [-0.2, -0.15) is 0 Å². The van der Waals surface area contributed by atoms with Crippen LogP contribution >= 0.6 is 11.3 Å². The van der Waals surface area contributed by atoms with Crippen LogP contribution in [0.5, 0.6) is 0 Å². The van der Waals surface area contributed by atoms with Gasteiger partial charge in [-0.15, -0.1) is 11.3 Å². The lowest BCUT2D eigenvalue weighted by Gasteiger charge is -2.21. The number of hydrogen-bond acceptors (Lipinski definition) is 4. The third-order valence-electron chi connectivity index (χ3n) is 3.44. The molecule has 1 aromatic heterocycles. The second-order valence-corrected chi connectivity index (χ2v) is 6.11. The van der Waals surface area contributed by atoms with Crippen molar-refractivity contribution in [1.82, 2.24) is 9.88 Å². The average molecular weight is 318 g/mol. The highest BCUT2D eigenvalue weighted by molar-refractivity contribution is 7.09. The molecule has 1 atom stereocenters. The summed E-state index contributed by atoms with van der Waals surface area (Å²) in [5.74, 6) is -0.956. The Morgan fingerprint density at radius 3 is 2.73 bits per heavy atom. The number of benzene rings is 1. The van der Waals surface area contributed by atoms with Gasteiger partial charge in [0.2, 0.25) is 5.91 Å². The van der Waals surface area contributed by atoms with Gasteiger partial charge in [-0.1, -0.05) is 25.1 Å². The molecule has 0 saturated heterocycles. The monoisotopic (exact) mass is 318 g/mol. The summed E-state index contributed by atoms with van der Waals surface area (Å²) in [5, 5.41) is 12.1. The molecule has 22 heavy (non-hydrogen) atoms. The Morgan fingerprint density at radius 2 is 2.09 bits per heavy atom. The molecular weight excluding hydrogens is 300 g/mol.